The summed E-state index contributed by atoms with van der Waals surface area (Å²) >= 11 is 21.5. The van der Waals surface area contributed by atoms with Gasteiger partial charge < -0.3 is 42.6 Å². The van der Waals surface area contributed by atoms with Crippen molar-refractivity contribution in [3.8, 4) is 0 Å². The SMILES string of the molecule is CCCCCCCCCCCCOP(=S)([S-])OCCCCCCCCCCCC.CCCCCCCCCCCCOP(=S)([S-])OCCCCCCCCCCCC.[Sn+2]. The maximum atomic E-state index is 5.71. The number of hydrogen-bond donors (Lipinski definition) is 0. The normalized spacial score (nSPS) is 11.8. The molecule has 0 aromatic heterocycles. The summed E-state index contributed by atoms with van der Waals surface area (Å²) in [5.41, 5.74) is -4.86. The second-order valence-corrected chi connectivity index (χ2v) is 26.9. The first-order valence-electron chi connectivity index (χ1n) is 25.4. The molecular weight excluding hydrogens is 949 g/mol. The zero-order valence-corrected chi connectivity index (χ0v) is 47.7. The van der Waals surface area contributed by atoms with Gasteiger partial charge in [-0.15, -0.1) is 0 Å². The quantitative estimate of drug-likeness (QED) is 0.0258. The van der Waals surface area contributed by atoms with Crippen LogP contribution < -0.4 is 0 Å². The van der Waals surface area contributed by atoms with Crippen molar-refractivity contribution < 1.29 is 18.1 Å². The molecule has 0 atom stereocenters. The maximum Gasteiger partial charge on any atom is 2.00 e. The van der Waals surface area contributed by atoms with Crippen molar-refractivity contribution in [2.45, 2.75) is 285 Å². The fourth-order valence-electron chi connectivity index (χ4n) is 7.14. The molecule has 4 nitrogen and oxygen atoms in total. The largest absolute Gasteiger partial charge is 2.00 e. The standard InChI is InChI=1S/2C24H51O2PS2.Sn/c2*1-3-5-7-9-11-13-15-17-19-21-23-25-27(28,29)26-24-22-20-18-16-14-12-10-8-6-4-2;/h2*3-24H2,1-2H3,(H,28,29);/q;;+2/p-2. The molecule has 0 heterocycles. The van der Waals surface area contributed by atoms with Crippen molar-refractivity contribution in [1.29, 1.82) is 0 Å². The molecule has 2 radical (unpaired) electrons. The Morgan fingerprint density at radius 3 is 0.508 bits per heavy atom. The fraction of sp³-hybridized carbons (Fsp3) is 1.00. The van der Waals surface area contributed by atoms with E-state index in [-0.39, 0.29) is 23.9 Å². The van der Waals surface area contributed by atoms with Gasteiger partial charge in [0.15, 0.2) is 0 Å². The molecule has 0 fully saturated rings. The predicted molar refractivity (Wildman–Crippen MR) is 280 cm³/mol. The van der Waals surface area contributed by atoms with E-state index < -0.39 is 11.4 Å². The van der Waals surface area contributed by atoms with E-state index in [0.717, 1.165) is 25.7 Å². The number of unbranched alkanes of at least 4 members (excludes halogenated alkanes) is 36. The molecule has 0 aliphatic rings. The Hall–Kier alpha value is 2.64. The first-order valence-corrected chi connectivity index (χ1v) is 32.7. The van der Waals surface area contributed by atoms with Crippen LogP contribution in [-0.2, 0) is 66.2 Å². The molecule has 354 valence electrons. The van der Waals surface area contributed by atoms with Crippen LogP contribution in [0.1, 0.15) is 285 Å². The van der Waals surface area contributed by atoms with Crippen LogP contribution in [0.2, 0.25) is 0 Å². The Bertz CT molecular complexity index is 749. The topological polar surface area (TPSA) is 36.9 Å². The molecule has 0 saturated carbocycles. The third-order valence-corrected chi connectivity index (χ3v) is 15.5. The van der Waals surface area contributed by atoms with Crippen LogP contribution >= 0.6 is 11.4 Å². The van der Waals surface area contributed by atoms with Gasteiger partial charge in [-0.2, -0.15) is 0 Å². The van der Waals surface area contributed by atoms with E-state index in [4.69, 9.17) is 66.2 Å². The van der Waals surface area contributed by atoms with Crippen molar-refractivity contribution >= 4 is 83.4 Å². The zero-order valence-electron chi connectivity index (χ0n) is 39.8. The van der Waals surface area contributed by atoms with Gasteiger partial charge in [0.25, 0.3) is 0 Å². The average Bonchev–Trinajstić information content (AvgIpc) is 3.20. The first-order chi connectivity index (χ1) is 28.2. The third-order valence-electron chi connectivity index (χ3n) is 11.0. The Labute approximate surface area is 409 Å². The molecular formula is C48H100O4P2S4Sn. The van der Waals surface area contributed by atoms with Crippen LogP contribution in [0.5, 0.6) is 0 Å². The smallest absolute Gasteiger partial charge is 0.691 e. The Morgan fingerprint density at radius 2 is 0.373 bits per heavy atom. The molecule has 0 N–H and O–H groups in total. The molecule has 0 aliphatic heterocycles. The molecule has 59 heavy (non-hydrogen) atoms. The Morgan fingerprint density at radius 1 is 0.254 bits per heavy atom. The molecule has 0 aromatic rings. The van der Waals surface area contributed by atoms with Crippen LogP contribution in [-0.4, -0.2) is 50.3 Å². The van der Waals surface area contributed by atoms with E-state index in [1.54, 1.807) is 0 Å². The zero-order chi connectivity index (χ0) is 42.9. The summed E-state index contributed by atoms with van der Waals surface area (Å²) in [5, 5.41) is 0. The minimum atomic E-state index is -2.43. The van der Waals surface area contributed by atoms with E-state index in [1.165, 1.54) is 231 Å². The summed E-state index contributed by atoms with van der Waals surface area (Å²) in [5.74, 6) is 0. The van der Waals surface area contributed by atoms with E-state index in [9.17, 15) is 0 Å². The van der Waals surface area contributed by atoms with Crippen LogP contribution in [0.4, 0.5) is 0 Å². The van der Waals surface area contributed by atoms with Crippen molar-refractivity contribution in [3.05, 3.63) is 0 Å². The van der Waals surface area contributed by atoms with Crippen molar-refractivity contribution in [1.82, 2.24) is 0 Å². The van der Waals surface area contributed by atoms with E-state index >= 15 is 0 Å². The molecule has 0 amide bonds. The summed E-state index contributed by atoms with van der Waals surface area (Å²) < 4.78 is 22.8. The van der Waals surface area contributed by atoms with Crippen LogP contribution in [0, 0.1) is 0 Å². The van der Waals surface area contributed by atoms with E-state index in [0.29, 0.717) is 26.4 Å². The second-order valence-electron chi connectivity index (χ2n) is 17.0. The Kier molecular flexibility index (Phi) is 61.4. The number of hydrogen-bond acceptors (Lipinski definition) is 8. The van der Waals surface area contributed by atoms with Crippen molar-refractivity contribution in [2.24, 2.45) is 0 Å². The summed E-state index contributed by atoms with van der Waals surface area (Å²) in [6.07, 6.45) is 53.0. The van der Waals surface area contributed by atoms with Crippen LogP contribution in [0.25, 0.3) is 0 Å². The minimum absolute atomic E-state index is 0. The van der Waals surface area contributed by atoms with Crippen LogP contribution in [0.3, 0.4) is 0 Å². The molecule has 0 aromatic carbocycles. The van der Waals surface area contributed by atoms with Gasteiger partial charge in [0.05, 0.1) is 37.8 Å². The van der Waals surface area contributed by atoms with Gasteiger partial charge in [0.1, 0.15) is 0 Å². The maximum absolute atomic E-state index is 5.71. The van der Waals surface area contributed by atoms with Gasteiger partial charge in [0, 0.05) is 0 Å². The first kappa shape index (κ1) is 65.9. The van der Waals surface area contributed by atoms with Crippen molar-refractivity contribution in [3.63, 3.8) is 0 Å². The van der Waals surface area contributed by atoms with Gasteiger partial charge in [0.2, 0.25) is 0 Å². The molecule has 0 bridgehead atoms. The van der Waals surface area contributed by atoms with Gasteiger partial charge in [-0.1, -0.05) is 282 Å². The molecule has 0 unspecified atom stereocenters. The second kappa shape index (κ2) is 55.0. The van der Waals surface area contributed by atoms with Gasteiger partial charge in [-0.3, -0.25) is 0 Å². The predicted octanol–water partition coefficient (Wildman–Crippen LogP) is 18.9. The minimum Gasteiger partial charge on any atom is -0.691 e. The van der Waals surface area contributed by atoms with Crippen LogP contribution in [0.15, 0.2) is 0 Å². The Balaban J connectivity index is -0.00000105. The molecule has 0 rings (SSSR count). The summed E-state index contributed by atoms with van der Waals surface area (Å²) in [6.45, 7) is 11.8. The summed E-state index contributed by atoms with van der Waals surface area (Å²) in [4.78, 5) is 0. The van der Waals surface area contributed by atoms with E-state index in [2.05, 4.69) is 27.7 Å². The van der Waals surface area contributed by atoms with Crippen molar-refractivity contribution in [2.75, 3.05) is 26.4 Å². The molecule has 11 heteroatoms. The fourth-order valence-corrected chi connectivity index (χ4v) is 10.5. The summed E-state index contributed by atoms with van der Waals surface area (Å²) in [6, 6.07) is 0. The number of rotatable bonds is 48. The third kappa shape index (κ3) is 60.6. The van der Waals surface area contributed by atoms with Gasteiger partial charge in [-0.25, -0.2) is 0 Å². The molecule has 0 spiro atoms. The molecule has 0 saturated heterocycles. The van der Waals surface area contributed by atoms with Gasteiger partial charge >= 0.3 is 23.9 Å². The van der Waals surface area contributed by atoms with E-state index in [1.807, 2.05) is 0 Å². The summed E-state index contributed by atoms with van der Waals surface area (Å²) in [7, 11) is 0. The monoisotopic (exact) mass is 1050 g/mol. The average molecular weight is 1050 g/mol. The molecule has 0 aliphatic carbocycles. The van der Waals surface area contributed by atoms with Gasteiger partial charge in [-0.05, 0) is 25.7 Å².